The maximum atomic E-state index is 13.0. The molecule has 3 aliphatic heterocycles. The second kappa shape index (κ2) is 9.44. The van der Waals surface area contributed by atoms with Gasteiger partial charge in [0.15, 0.2) is 0 Å². The van der Waals surface area contributed by atoms with Gasteiger partial charge in [0.05, 0.1) is 17.7 Å². The molecule has 0 bridgehead atoms. The Morgan fingerprint density at radius 1 is 1.14 bits per heavy atom. The van der Waals surface area contributed by atoms with E-state index >= 15 is 0 Å². The summed E-state index contributed by atoms with van der Waals surface area (Å²) in [6.45, 7) is 5.98. The number of aromatic nitrogens is 4. The van der Waals surface area contributed by atoms with Crippen LogP contribution in [-0.2, 0) is 22.4 Å². The fraction of sp³-hybridized carbons (Fsp3) is 0.423. The third kappa shape index (κ3) is 4.49. The fourth-order valence-corrected chi connectivity index (χ4v) is 5.48. The van der Waals surface area contributed by atoms with Gasteiger partial charge < -0.3 is 15.0 Å². The monoisotopic (exact) mass is 487 g/mol. The summed E-state index contributed by atoms with van der Waals surface area (Å²) in [5.41, 5.74) is 4.80. The van der Waals surface area contributed by atoms with E-state index in [0.29, 0.717) is 18.0 Å². The van der Waals surface area contributed by atoms with Gasteiger partial charge in [0, 0.05) is 51.2 Å². The molecule has 10 nitrogen and oxygen atoms in total. The van der Waals surface area contributed by atoms with E-state index in [1.54, 1.807) is 11.0 Å². The van der Waals surface area contributed by atoms with Gasteiger partial charge in [-0.25, -0.2) is 9.48 Å². The molecule has 36 heavy (non-hydrogen) atoms. The highest BCUT2D eigenvalue weighted by atomic mass is 16.5. The summed E-state index contributed by atoms with van der Waals surface area (Å²) in [6.07, 6.45) is 2.60. The lowest BCUT2D eigenvalue weighted by molar-refractivity contribution is -0.134. The molecule has 186 valence electrons. The van der Waals surface area contributed by atoms with Crippen LogP contribution in [-0.4, -0.2) is 86.8 Å². The van der Waals surface area contributed by atoms with Gasteiger partial charge in [0.25, 0.3) is 0 Å². The number of ether oxygens (including phenoxy) is 1. The molecule has 3 atom stereocenters. The molecule has 1 amide bonds. The molecule has 0 saturated carbocycles. The Hall–Kier alpha value is -3.63. The summed E-state index contributed by atoms with van der Waals surface area (Å²) in [5.74, 6) is -0.0705. The van der Waals surface area contributed by atoms with E-state index in [1.807, 2.05) is 48.2 Å². The molecule has 3 aromatic rings. The molecule has 3 aliphatic rings. The minimum atomic E-state index is -0.226. The number of nitrogens with one attached hydrogen (secondary N) is 1. The van der Waals surface area contributed by atoms with Crippen LogP contribution in [0.3, 0.4) is 0 Å². The van der Waals surface area contributed by atoms with Crippen LogP contribution < -0.4 is 5.32 Å². The predicted octanol–water partition coefficient (Wildman–Crippen LogP) is 1.16. The number of benzene rings is 2. The van der Waals surface area contributed by atoms with E-state index in [9.17, 15) is 9.59 Å². The predicted molar refractivity (Wildman–Crippen MR) is 131 cm³/mol. The van der Waals surface area contributed by atoms with Gasteiger partial charge in [0.1, 0.15) is 12.4 Å². The number of carbonyl (C=O) groups excluding carboxylic acids is 2. The number of carbonyl (C=O) groups is 2. The van der Waals surface area contributed by atoms with Crippen molar-refractivity contribution in [2.45, 2.75) is 38.0 Å². The van der Waals surface area contributed by atoms with Gasteiger partial charge in [0.2, 0.25) is 5.91 Å². The first-order valence-corrected chi connectivity index (χ1v) is 12.4. The van der Waals surface area contributed by atoms with E-state index in [4.69, 9.17) is 4.74 Å². The van der Waals surface area contributed by atoms with E-state index in [1.165, 1.54) is 5.56 Å². The molecule has 2 aromatic carbocycles. The summed E-state index contributed by atoms with van der Waals surface area (Å²) in [4.78, 5) is 29.7. The summed E-state index contributed by atoms with van der Waals surface area (Å²) < 4.78 is 6.94. The topological polar surface area (TPSA) is 105 Å². The van der Waals surface area contributed by atoms with Crippen molar-refractivity contribution < 1.29 is 14.3 Å². The number of fused-ring (bicyclic) bond motifs is 2. The lowest BCUT2D eigenvalue weighted by Crippen LogP contribution is -2.62. The van der Waals surface area contributed by atoms with E-state index in [0.717, 1.165) is 56.0 Å². The van der Waals surface area contributed by atoms with Crippen LogP contribution in [0.25, 0.3) is 5.69 Å². The molecule has 1 N–H and O–H groups in total. The molecular weight excluding hydrogens is 458 g/mol. The second-order valence-corrected chi connectivity index (χ2v) is 9.88. The average molecular weight is 488 g/mol. The Bertz CT molecular complexity index is 1260. The molecule has 10 heteroatoms. The largest absolute Gasteiger partial charge is 0.459 e. The van der Waals surface area contributed by atoms with Crippen molar-refractivity contribution in [3.05, 3.63) is 71.0 Å². The molecule has 2 fully saturated rings. The molecule has 1 aromatic heterocycles. The van der Waals surface area contributed by atoms with Crippen LogP contribution in [0.5, 0.6) is 0 Å². The highest BCUT2D eigenvalue weighted by Crippen LogP contribution is 2.28. The normalized spacial score (nSPS) is 24.1. The van der Waals surface area contributed by atoms with Crippen LogP contribution in [0, 0.1) is 0 Å². The highest BCUT2D eigenvalue weighted by molar-refractivity contribution is 5.92. The lowest BCUT2D eigenvalue weighted by atomic mass is 9.93. The van der Waals surface area contributed by atoms with E-state index in [2.05, 4.69) is 31.8 Å². The third-order valence-corrected chi connectivity index (χ3v) is 7.45. The Morgan fingerprint density at radius 3 is 2.81 bits per heavy atom. The van der Waals surface area contributed by atoms with Gasteiger partial charge in [-0.1, -0.05) is 24.3 Å². The molecule has 6 rings (SSSR count). The van der Waals surface area contributed by atoms with Crippen LogP contribution in [0.4, 0.5) is 0 Å². The smallest absolute Gasteiger partial charge is 0.338 e. The van der Waals surface area contributed by atoms with Gasteiger partial charge in [-0.2, -0.15) is 0 Å². The summed E-state index contributed by atoms with van der Waals surface area (Å²) in [6, 6.07) is 14.4. The number of hydrogen-bond donors (Lipinski definition) is 1. The fourth-order valence-electron chi connectivity index (χ4n) is 5.48. The summed E-state index contributed by atoms with van der Waals surface area (Å²) in [7, 11) is 0. The molecule has 0 unspecified atom stereocenters. The van der Waals surface area contributed by atoms with Crippen molar-refractivity contribution in [1.29, 1.82) is 0 Å². The highest BCUT2D eigenvalue weighted by Gasteiger charge is 2.35. The Balaban J connectivity index is 1.05. The minimum absolute atomic E-state index is 0.0847. The first kappa shape index (κ1) is 22.8. The van der Waals surface area contributed by atoms with Crippen molar-refractivity contribution in [1.82, 2.24) is 35.3 Å². The maximum absolute atomic E-state index is 13.0. The maximum Gasteiger partial charge on any atom is 0.338 e. The molecule has 4 heterocycles. The minimum Gasteiger partial charge on any atom is -0.459 e. The van der Waals surface area contributed by atoms with E-state index < -0.39 is 0 Å². The number of esters is 1. The zero-order valence-corrected chi connectivity index (χ0v) is 20.2. The van der Waals surface area contributed by atoms with Crippen molar-refractivity contribution in [3.63, 3.8) is 0 Å². The van der Waals surface area contributed by atoms with Gasteiger partial charge in [-0.15, -0.1) is 5.10 Å². The standard InChI is InChI=1S/C26H29N7O3/c1-17-10-20-12-19(4-7-23(20)26(35)36-17)24-15-31-8-9-32(14-22(31)13-27-24)25(34)11-18-2-5-21(6-3-18)33-16-28-29-30-33/h2-7,12,16-17,22,24,27H,8-11,13-15H2,1H3/t17-,22-,24-/m1/s1. The molecular formula is C26H29N7O3. The second-order valence-electron chi connectivity index (χ2n) is 9.88. The number of rotatable bonds is 4. The first-order chi connectivity index (χ1) is 17.5. The lowest BCUT2D eigenvalue weighted by Gasteiger charge is -2.47. The van der Waals surface area contributed by atoms with Crippen LogP contribution in [0.1, 0.15) is 40.0 Å². The number of tetrazole rings is 1. The summed E-state index contributed by atoms with van der Waals surface area (Å²) in [5, 5.41) is 14.9. The Morgan fingerprint density at radius 2 is 2.00 bits per heavy atom. The summed E-state index contributed by atoms with van der Waals surface area (Å²) >= 11 is 0. The Labute approximate surface area is 209 Å². The van der Waals surface area contributed by atoms with Gasteiger partial charge in [-0.05, 0) is 52.2 Å². The van der Waals surface area contributed by atoms with Gasteiger partial charge in [-0.3, -0.25) is 9.69 Å². The van der Waals surface area contributed by atoms with Crippen molar-refractivity contribution >= 4 is 11.9 Å². The molecule has 2 saturated heterocycles. The number of piperazine rings is 2. The molecule has 0 radical (unpaired) electrons. The quantitative estimate of drug-likeness (QED) is 0.547. The van der Waals surface area contributed by atoms with E-state index in [-0.39, 0.29) is 24.0 Å². The van der Waals surface area contributed by atoms with Crippen LogP contribution in [0.2, 0.25) is 0 Å². The van der Waals surface area contributed by atoms with Gasteiger partial charge >= 0.3 is 5.97 Å². The molecule has 0 aliphatic carbocycles. The number of hydrogen-bond acceptors (Lipinski definition) is 8. The SMILES string of the molecule is C[C@@H]1Cc2cc([C@H]3CN4CCN(C(=O)Cc5ccc(-n6cnnn6)cc5)C[C@H]4CN3)ccc2C(=O)O1. The number of amides is 1. The number of cyclic esters (lactones) is 1. The van der Waals surface area contributed by atoms with Crippen molar-refractivity contribution in [3.8, 4) is 5.69 Å². The van der Waals surface area contributed by atoms with Crippen molar-refractivity contribution in [2.24, 2.45) is 0 Å². The molecule has 0 spiro atoms. The zero-order valence-electron chi connectivity index (χ0n) is 20.2. The van der Waals surface area contributed by atoms with Crippen molar-refractivity contribution in [2.75, 3.05) is 32.7 Å². The first-order valence-electron chi connectivity index (χ1n) is 12.4. The zero-order chi connectivity index (χ0) is 24.6. The third-order valence-electron chi connectivity index (χ3n) is 7.45. The van der Waals surface area contributed by atoms with Crippen LogP contribution >= 0.6 is 0 Å². The van der Waals surface area contributed by atoms with Crippen LogP contribution in [0.15, 0.2) is 48.8 Å². The average Bonchev–Trinajstić information content (AvgIpc) is 3.43. The number of nitrogens with zero attached hydrogens (tertiary/aromatic N) is 6. The Kier molecular flexibility index (Phi) is 5.98.